The summed E-state index contributed by atoms with van der Waals surface area (Å²) >= 11 is 0. The maximum Gasteiger partial charge on any atom is 0.251 e. The van der Waals surface area contributed by atoms with Crippen LogP contribution in [0, 0.1) is 5.82 Å². The highest BCUT2D eigenvalue weighted by Crippen LogP contribution is 2.19. The van der Waals surface area contributed by atoms with E-state index < -0.39 is 5.82 Å². The predicted molar refractivity (Wildman–Crippen MR) is 89.9 cm³/mol. The maximum atomic E-state index is 13.7. The maximum absolute atomic E-state index is 13.7. The number of nitrogens with one attached hydrogen (secondary N) is 1. The molecule has 0 unspecified atom stereocenters. The third-order valence-electron chi connectivity index (χ3n) is 4.22. The number of anilines is 1. The number of ether oxygens (including phenoxy) is 1. The molecule has 0 aliphatic carbocycles. The third kappa shape index (κ3) is 3.64. The molecule has 126 valence electrons. The number of carbonyl (C=O) groups is 1. The summed E-state index contributed by atoms with van der Waals surface area (Å²) in [7, 11) is 1.40. The molecule has 1 aliphatic heterocycles. The first kappa shape index (κ1) is 16.2. The molecule has 2 heterocycles. The van der Waals surface area contributed by atoms with Gasteiger partial charge in [0.2, 0.25) is 0 Å². The van der Waals surface area contributed by atoms with Gasteiger partial charge in [0.1, 0.15) is 5.82 Å². The third-order valence-corrected chi connectivity index (χ3v) is 4.22. The zero-order chi connectivity index (χ0) is 16.9. The summed E-state index contributed by atoms with van der Waals surface area (Å²) in [5.74, 6) is 0.303. The smallest absolute Gasteiger partial charge is 0.251 e. The molecule has 0 spiro atoms. The first-order valence-electron chi connectivity index (χ1n) is 7.98. The van der Waals surface area contributed by atoms with E-state index in [0.29, 0.717) is 5.56 Å². The topological polar surface area (TPSA) is 54.5 Å². The van der Waals surface area contributed by atoms with Crippen molar-refractivity contribution in [2.24, 2.45) is 0 Å². The van der Waals surface area contributed by atoms with Crippen LogP contribution in [0.3, 0.4) is 0 Å². The van der Waals surface area contributed by atoms with E-state index in [1.54, 1.807) is 12.3 Å². The van der Waals surface area contributed by atoms with Crippen LogP contribution in [0.25, 0.3) is 0 Å². The number of benzene rings is 1. The predicted octanol–water partition coefficient (Wildman–Crippen LogP) is 2.63. The minimum absolute atomic E-state index is 0.0858. The van der Waals surface area contributed by atoms with Crippen LogP contribution < -0.4 is 15.0 Å². The second kappa shape index (κ2) is 7.29. The first-order chi connectivity index (χ1) is 11.7. The van der Waals surface area contributed by atoms with E-state index >= 15 is 0 Å². The number of rotatable bonds is 4. The van der Waals surface area contributed by atoms with E-state index in [9.17, 15) is 9.18 Å². The Morgan fingerprint density at radius 1 is 1.29 bits per heavy atom. The Morgan fingerprint density at radius 2 is 2.08 bits per heavy atom. The van der Waals surface area contributed by atoms with Crippen molar-refractivity contribution in [1.82, 2.24) is 10.3 Å². The summed E-state index contributed by atoms with van der Waals surface area (Å²) in [4.78, 5) is 18.8. The molecule has 1 saturated heterocycles. The Kier molecular flexibility index (Phi) is 4.93. The quantitative estimate of drug-likeness (QED) is 0.937. The van der Waals surface area contributed by atoms with Gasteiger partial charge in [0.15, 0.2) is 11.6 Å². The molecule has 1 aliphatic rings. The molecule has 2 aromatic rings. The molecule has 1 amide bonds. The van der Waals surface area contributed by atoms with Gasteiger partial charge in [0.05, 0.1) is 7.11 Å². The standard InChI is InChI=1S/C18H20FN3O2/c1-24-16-6-5-13(12-15(16)19)18(23)21-14-7-10-22(11-8-14)17-4-2-3-9-20-17/h2-6,9,12,14H,7-8,10-11H2,1H3,(H,21,23). The Morgan fingerprint density at radius 3 is 2.71 bits per heavy atom. The summed E-state index contributed by atoms with van der Waals surface area (Å²) in [6, 6.07) is 10.2. The second-order valence-electron chi connectivity index (χ2n) is 5.77. The van der Waals surface area contributed by atoms with E-state index in [2.05, 4.69) is 15.2 Å². The van der Waals surface area contributed by atoms with Gasteiger partial charge in [0, 0.05) is 30.9 Å². The first-order valence-corrected chi connectivity index (χ1v) is 7.98. The lowest BCUT2D eigenvalue weighted by molar-refractivity contribution is 0.0930. The van der Waals surface area contributed by atoms with E-state index in [-0.39, 0.29) is 17.7 Å². The van der Waals surface area contributed by atoms with Crippen molar-refractivity contribution >= 4 is 11.7 Å². The molecule has 1 fully saturated rings. The normalized spacial score (nSPS) is 15.2. The van der Waals surface area contributed by atoms with Crippen molar-refractivity contribution in [1.29, 1.82) is 0 Å². The number of aromatic nitrogens is 1. The number of carbonyl (C=O) groups excluding carboxylic acids is 1. The molecule has 3 rings (SSSR count). The monoisotopic (exact) mass is 329 g/mol. The Hall–Kier alpha value is -2.63. The van der Waals surface area contributed by atoms with Gasteiger partial charge in [-0.05, 0) is 43.2 Å². The van der Waals surface area contributed by atoms with Gasteiger partial charge in [0.25, 0.3) is 5.91 Å². The molecular formula is C18H20FN3O2. The van der Waals surface area contributed by atoms with Crippen LogP contribution >= 0.6 is 0 Å². The number of methoxy groups -OCH3 is 1. The Bertz CT molecular complexity index is 701. The fourth-order valence-electron chi connectivity index (χ4n) is 2.87. The van der Waals surface area contributed by atoms with E-state index in [1.165, 1.54) is 19.2 Å². The molecule has 0 atom stereocenters. The van der Waals surface area contributed by atoms with Crippen LogP contribution in [0.5, 0.6) is 5.75 Å². The second-order valence-corrected chi connectivity index (χ2v) is 5.77. The number of amides is 1. The summed E-state index contributed by atoms with van der Waals surface area (Å²) in [6.45, 7) is 1.66. The van der Waals surface area contributed by atoms with Gasteiger partial charge in [-0.2, -0.15) is 0 Å². The van der Waals surface area contributed by atoms with Gasteiger partial charge < -0.3 is 15.0 Å². The molecular weight excluding hydrogens is 309 g/mol. The largest absolute Gasteiger partial charge is 0.494 e. The average molecular weight is 329 g/mol. The van der Waals surface area contributed by atoms with E-state index in [0.717, 1.165) is 31.7 Å². The van der Waals surface area contributed by atoms with Crippen molar-refractivity contribution < 1.29 is 13.9 Å². The number of halogens is 1. The highest BCUT2D eigenvalue weighted by Gasteiger charge is 2.22. The molecule has 24 heavy (non-hydrogen) atoms. The zero-order valence-electron chi connectivity index (χ0n) is 13.5. The van der Waals surface area contributed by atoms with Crippen LogP contribution in [0.15, 0.2) is 42.6 Å². The molecule has 5 nitrogen and oxygen atoms in total. The van der Waals surface area contributed by atoms with E-state index in [1.807, 2.05) is 18.2 Å². The molecule has 1 N–H and O–H groups in total. The van der Waals surface area contributed by atoms with Gasteiger partial charge in [-0.3, -0.25) is 4.79 Å². The van der Waals surface area contributed by atoms with Crippen LogP contribution in [0.1, 0.15) is 23.2 Å². The number of hydrogen-bond acceptors (Lipinski definition) is 4. The molecule has 6 heteroatoms. The minimum atomic E-state index is -0.532. The lowest BCUT2D eigenvalue weighted by atomic mass is 10.0. The lowest BCUT2D eigenvalue weighted by Gasteiger charge is -2.33. The molecule has 0 bridgehead atoms. The minimum Gasteiger partial charge on any atom is -0.494 e. The fourth-order valence-corrected chi connectivity index (χ4v) is 2.87. The van der Waals surface area contributed by atoms with Crippen molar-refractivity contribution in [3.8, 4) is 5.75 Å². The summed E-state index contributed by atoms with van der Waals surface area (Å²) in [6.07, 6.45) is 3.45. The number of nitrogens with zero attached hydrogens (tertiary/aromatic N) is 2. The summed E-state index contributed by atoms with van der Waals surface area (Å²) in [5.41, 5.74) is 0.306. The SMILES string of the molecule is COc1ccc(C(=O)NC2CCN(c3ccccn3)CC2)cc1F. The lowest BCUT2D eigenvalue weighted by Crippen LogP contribution is -2.45. The summed E-state index contributed by atoms with van der Waals surface area (Å²) in [5, 5.41) is 2.98. The van der Waals surface area contributed by atoms with Gasteiger partial charge >= 0.3 is 0 Å². The highest BCUT2D eigenvalue weighted by atomic mass is 19.1. The Balaban J connectivity index is 1.56. The van der Waals surface area contributed by atoms with Gasteiger partial charge in [-0.15, -0.1) is 0 Å². The van der Waals surface area contributed by atoms with Gasteiger partial charge in [-0.25, -0.2) is 9.37 Å². The van der Waals surface area contributed by atoms with Crippen LogP contribution in [-0.4, -0.2) is 37.1 Å². The van der Waals surface area contributed by atoms with Crippen LogP contribution in [-0.2, 0) is 0 Å². The number of pyridine rings is 1. The van der Waals surface area contributed by atoms with Gasteiger partial charge in [-0.1, -0.05) is 6.07 Å². The zero-order valence-corrected chi connectivity index (χ0v) is 13.5. The highest BCUT2D eigenvalue weighted by molar-refractivity contribution is 5.94. The molecule has 1 aromatic heterocycles. The van der Waals surface area contributed by atoms with Crippen molar-refractivity contribution in [2.75, 3.05) is 25.1 Å². The average Bonchev–Trinajstić information content (AvgIpc) is 2.63. The Labute approximate surface area is 140 Å². The van der Waals surface area contributed by atoms with Crippen LogP contribution in [0.2, 0.25) is 0 Å². The molecule has 1 aromatic carbocycles. The fraction of sp³-hybridized carbons (Fsp3) is 0.333. The summed E-state index contributed by atoms with van der Waals surface area (Å²) < 4.78 is 18.6. The number of hydrogen-bond donors (Lipinski definition) is 1. The van der Waals surface area contributed by atoms with Crippen molar-refractivity contribution in [3.63, 3.8) is 0 Å². The van der Waals surface area contributed by atoms with Crippen molar-refractivity contribution in [2.45, 2.75) is 18.9 Å². The molecule has 0 saturated carbocycles. The molecule has 0 radical (unpaired) electrons. The van der Waals surface area contributed by atoms with E-state index in [4.69, 9.17) is 4.74 Å². The van der Waals surface area contributed by atoms with Crippen molar-refractivity contribution in [3.05, 3.63) is 54.0 Å². The number of piperidine rings is 1. The van der Waals surface area contributed by atoms with Crippen LogP contribution in [0.4, 0.5) is 10.2 Å².